The van der Waals surface area contributed by atoms with Crippen molar-refractivity contribution in [2.24, 2.45) is 0 Å². The molecule has 0 spiro atoms. The van der Waals surface area contributed by atoms with Gasteiger partial charge in [0.1, 0.15) is 0 Å². The van der Waals surface area contributed by atoms with Crippen molar-refractivity contribution in [2.75, 3.05) is 0 Å². The van der Waals surface area contributed by atoms with Crippen molar-refractivity contribution in [3.8, 4) is 0 Å². The third-order valence-electron chi connectivity index (χ3n) is 1.91. The highest BCUT2D eigenvalue weighted by Crippen LogP contribution is 2.09. The van der Waals surface area contributed by atoms with Crippen LogP contribution in [0.3, 0.4) is 0 Å². The number of unbranched alkanes of at least 4 members (excludes halogenated alkanes) is 5. The molecule has 0 atom stereocenters. The van der Waals surface area contributed by atoms with Gasteiger partial charge in [0.05, 0.1) is 0 Å². The predicted octanol–water partition coefficient (Wildman–Crippen LogP) is 1.79. The lowest BCUT2D eigenvalue weighted by Gasteiger charge is -2.14. The first kappa shape index (κ1) is 12.9. The molecule has 0 aliphatic carbocycles. The Bertz CT molecular complexity index is 97.7. The zero-order chi connectivity index (χ0) is 9.45. The fourth-order valence-electron chi connectivity index (χ4n) is 1.17. The summed E-state index contributed by atoms with van der Waals surface area (Å²) < 4.78 is 0. The molecule has 0 aliphatic heterocycles. The van der Waals surface area contributed by atoms with E-state index in [1.807, 2.05) is 0 Å². The molecular weight excluding hydrogens is 208 g/mol. The lowest BCUT2D eigenvalue weighted by Crippen LogP contribution is -2.37. The maximum atomic E-state index is 3.68. The van der Waals surface area contributed by atoms with Crippen LogP contribution in [0.1, 0.15) is 45.4 Å². The van der Waals surface area contributed by atoms with Crippen LogP contribution < -0.4 is 0 Å². The van der Waals surface area contributed by atoms with E-state index in [1.54, 1.807) is 0 Å². The molecule has 9 radical (unpaired) electrons. The molecule has 12 heavy (non-hydrogen) atoms. The van der Waals surface area contributed by atoms with Crippen molar-refractivity contribution in [1.29, 1.82) is 0 Å². The zero-order valence-electron chi connectivity index (χ0n) is 7.95. The summed E-state index contributed by atoms with van der Waals surface area (Å²) in [6.07, 6.45) is 8.28. The summed E-state index contributed by atoms with van der Waals surface area (Å²) in [7, 11) is 11.0. The van der Waals surface area contributed by atoms with E-state index in [1.165, 1.54) is 44.6 Å². The van der Waals surface area contributed by atoms with Crippen molar-refractivity contribution in [3.63, 3.8) is 0 Å². The van der Waals surface area contributed by atoms with Crippen LogP contribution in [-0.4, -0.2) is 35.9 Å². The summed E-state index contributed by atoms with van der Waals surface area (Å²) in [4.78, 5) is 0. The largest absolute Gasteiger partial charge is 0.0654 e. The monoisotopic (exact) mass is 225 g/mol. The van der Waals surface area contributed by atoms with E-state index in [4.69, 9.17) is 0 Å². The minimum atomic E-state index is -1.31. The first-order valence-corrected chi connectivity index (χ1v) is 11.5. The molecule has 0 rings (SSSR count). The van der Waals surface area contributed by atoms with Crippen molar-refractivity contribution in [1.82, 2.24) is 0 Å². The van der Waals surface area contributed by atoms with E-state index in [2.05, 4.69) is 36.2 Å². The molecule has 0 unspecified atom stereocenters. The van der Waals surface area contributed by atoms with Gasteiger partial charge in [-0.15, -0.1) is 0 Å². The first-order valence-electron chi connectivity index (χ1n) is 4.81. The summed E-state index contributed by atoms with van der Waals surface area (Å²) in [6, 6.07) is 1.27. The van der Waals surface area contributed by atoms with E-state index in [-0.39, 0.29) is 0 Å². The predicted molar refractivity (Wildman–Crippen MR) is 61.2 cm³/mol. The van der Waals surface area contributed by atoms with Gasteiger partial charge in [0.2, 0.25) is 0 Å². The highest BCUT2D eigenvalue weighted by Gasteiger charge is 2.11. The van der Waals surface area contributed by atoms with Gasteiger partial charge in [-0.1, -0.05) is 51.5 Å². The van der Waals surface area contributed by atoms with Gasteiger partial charge in [-0.05, 0) is 0 Å². The minimum absolute atomic E-state index is 1.27. The highest BCUT2D eigenvalue weighted by molar-refractivity contribution is 7.60. The average molecular weight is 226 g/mol. The molecule has 0 N–H and O–H groups in total. The molecular formula is C8H17Si4. The summed E-state index contributed by atoms with van der Waals surface area (Å²) in [5, 5.41) is 0. The van der Waals surface area contributed by atoms with E-state index in [0.717, 1.165) is 0 Å². The van der Waals surface area contributed by atoms with E-state index >= 15 is 0 Å². The molecule has 65 valence electrons. The fourth-order valence-corrected chi connectivity index (χ4v) is 3.54. The van der Waals surface area contributed by atoms with Crippen LogP contribution in [-0.2, 0) is 0 Å². The SMILES string of the molecule is CCCCCCCC[Si]([Si])([Si])[Si]. The van der Waals surface area contributed by atoms with E-state index in [0.29, 0.717) is 0 Å². The smallest absolute Gasteiger partial charge is 0.0115 e. The second kappa shape index (κ2) is 7.29. The summed E-state index contributed by atoms with van der Waals surface area (Å²) in [5.41, 5.74) is 0. The van der Waals surface area contributed by atoms with E-state index in [9.17, 15) is 0 Å². The second-order valence-electron chi connectivity index (χ2n) is 3.42. The quantitative estimate of drug-likeness (QED) is 0.458. The van der Waals surface area contributed by atoms with Gasteiger partial charge >= 0.3 is 0 Å². The molecule has 0 aliphatic rings. The van der Waals surface area contributed by atoms with Gasteiger partial charge in [-0.3, -0.25) is 0 Å². The van der Waals surface area contributed by atoms with Gasteiger partial charge in [0.15, 0.2) is 0 Å². The maximum Gasteiger partial charge on any atom is 0.0115 e. The molecule has 0 heterocycles. The molecule has 0 saturated heterocycles. The van der Waals surface area contributed by atoms with Crippen LogP contribution in [0, 0.1) is 0 Å². The van der Waals surface area contributed by atoms with Crippen molar-refractivity contribution < 1.29 is 0 Å². The minimum Gasteiger partial charge on any atom is -0.0654 e. The molecule has 4 heteroatoms. The lowest BCUT2D eigenvalue weighted by atomic mass is 10.1. The summed E-state index contributed by atoms with van der Waals surface area (Å²) >= 11 is 0. The lowest BCUT2D eigenvalue weighted by molar-refractivity contribution is 0.624. The highest BCUT2D eigenvalue weighted by atomic mass is 29.8. The van der Waals surface area contributed by atoms with Gasteiger partial charge in [0.25, 0.3) is 0 Å². The Hall–Kier alpha value is 0.868. The number of hydrogen-bond donors (Lipinski definition) is 0. The van der Waals surface area contributed by atoms with Crippen LogP contribution in [0.2, 0.25) is 6.04 Å². The number of rotatable bonds is 7. The Morgan fingerprint density at radius 3 is 1.83 bits per heavy atom. The molecule has 0 nitrogen and oxygen atoms in total. The molecule has 0 aromatic rings. The zero-order valence-corrected chi connectivity index (χ0v) is 11.9. The van der Waals surface area contributed by atoms with Crippen LogP contribution in [0.4, 0.5) is 0 Å². The Labute approximate surface area is 87.6 Å². The van der Waals surface area contributed by atoms with Gasteiger partial charge in [-0.25, -0.2) is 0 Å². The van der Waals surface area contributed by atoms with Gasteiger partial charge in [-0.2, -0.15) is 0 Å². The van der Waals surface area contributed by atoms with Crippen LogP contribution in [0.5, 0.6) is 0 Å². The third-order valence-corrected chi connectivity index (χ3v) is 5.26. The normalized spacial score (nSPS) is 12.0. The van der Waals surface area contributed by atoms with Crippen LogP contribution >= 0.6 is 0 Å². The first-order chi connectivity index (χ1) is 5.56. The van der Waals surface area contributed by atoms with Gasteiger partial charge < -0.3 is 0 Å². The average Bonchev–Trinajstić information content (AvgIpc) is 1.94. The van der Waals surface area contributed by atoms with E-state index < -0.39 is 6.63 Å². The molecule has 0 aromatic carbocycles. The van der Waals surface area contributed by atoms with Crippen LogP contribution in [0.15, 0.2) is 0 Å². The molecule has 0 bridgehead atoms. The molecule has 0 saturated carbocycles. The molecule has 0 aromatic heterocycles. The standard InChI is InChI=1S/C8H17Si4/c1-2-3-4-5-6-7-8-12(9,10)11/h2-8H2,1H3. The molecule has 0 amide bonds. The second-order valence-corrected chi connectivity index (χ2v) is 17.9. The Kier molecular flexibility index (Phi) is 7.82. The topological polar surface area (TPSA) is 0 Å². The van der Waals surface area contributed by atoms with Crippen molar-refractivity contribution in [2.45, 2.75) is 51.5 Å². The van der Waals surface area contributed by atoms with Gasteiger partial charge in [0, 0.05) is 35.9 Å². The molecule has 0 fully saturated rings. The summed E-state index contributed by atoms with van der Waals surface area (Å²) in [6.45, 7) is 0.947. The number of hydrogen-bond acceptors (Lipinski definition) is 0. The maximum absolute atomic E-state index is 3.68. The fraction of sp³-hybridized carbons (Fsp3) is 1.00. The third kappa shape index (κ3) is 10.9. The van der Waals surface area contributed by atoms with Crippen LogP contribution in [0.25, 0.3) is 0 Å². The Morgan fingerprint density at radius 1 is 0.833 bits per heavy atom. The Morgan fingerprint density at radius 2 is 1.33 bits per heavy atom. The van der Waals surface area contributed by atoms with Crippen molar-refractivity contribution >= 4 is 35.9 Å². The van der Waals surface area contributed by atoms with Crippen molar-refractivity contribution in [3.05, 3.63) is 0 Å². The summed E-state index contributed by atoms with van der Waals surface area (Å²) in [5.74, 6) is 0. The Balaban J connectivity index is 3.01.